The Morgan fingerprint density at radius 3 is 2.17 bits per heavy atom. The Labute approximate surface area is 270 Å². The lowest BCUT2D eigenvalue weighted by atomic mass is 10.1. The van der Waals surface area contributed by atoms with Crippen LogP contribution in [0.2, 0.25) is 0 Å². The van der Waals surface area contributed by atoms with Gasteiger partial charge < -0.3 is 34.8 Å². The number of amides is 3. The predicted octanol–water partition coefficient (Wildman–Crippen LogP) is 3.88. The van der Waals surface area contributed by atoms with Crippen molar-refractivity contribution in [1.82, 2.24) is 34.0 Å². The lowest BCUT2D eigenvalue weighted by molar-refractivity contribution is -0.122. The molecule has 2 aromatic carbocycles. The van der Waals surface area contributed by atoms with Gasteiger partial charge in [-0.1, -0.05) is 0 Å². The molecule has 0 atom stereocenters. The van der Waals surface area contributed by atoms with Crippen LogP contribution in [-0.4, -0.2) is 124 Å². The van der Waals surface area contributed by atoms with Gasteiger partial charge in [-0.3, -0.25) is 14.0 Å². The summed E-state index contributed by atoms with van der Waals surface area (Å²) in [5.41, 5.74) is 4.30. The van der Waals surface area contributed by atoms with Gasteiger partial charge in [0, 0.05) is 81.6 Å². The number of carbonyl (C=O) groups is 3. The molecular formula is C32H36F2N8O5. The first-order valence-electron chi connectivity index (χ1n) is 15.0. The van der Waals surface area contributed by atoms with Gasteiger partial charge in [0.25, 0.3) is 12.4 Å². The van der Waals surface area contributed by atoms with E-state index in [2.05, 4.69) is 32.0 Å². The average Bonchev–Trinajstić information content (AvgIpc) is 3.50. The molecule has 3 amide bonds. The molecule has 0 aliphatic carbocycles. The van der Waals surface area contributed by atoms with E-state index >= 15 is 0 Å². The van der Waals surface area contributed by atoms with Crippen molar-refractivity contribution in [2.75, 3.05) is 64.7 Å². The van der Waals surface area contributed by atoms with Gasteiger partial charge in [0.05, 0.1) is 11.9 Å². The Morgan fingerprint density at radius 2 is 1.55 bits per heavy atom. The standard InChI is InChI=1S/C31H34F2N8O3.CH2O2/c1-21-19-23(5-8-25(21)29(42)38-15-17-40(18-16-38)31(43)39-13-11-37(2)12-14-39)36-27-28-35-20-26(41(28)10-9-34-27)22-3-6-24(7-4-22)44-30(32)33;2-1-3/h3-10,19-20,30H,11-18H2,1-2H3,(H,34,36);1H,(H,2,3). The number of imidazole rings is 1. The minimum atomic E-state index is -2.88. The van der Waals surface area contributed by atoms with Crippen molar-refractivity contribution in [3.05, 3.63) is 72.2 Å². The number of anilines is 2. The fourth-order valence-corrected chi connectivity index (χ4v) is 5.62. The molecule has 2 aromatic heterocycles. The Balaban J connectivity index is 0.00000139. The fraction of sp³-hybridized carbons (Fsp3) is 0.344. The van der Waals surface area contributed by atoms with Gasteiger partial charge >= 0.3 is 12.6 Å². The fourth-order valence-electron chi connectivity index (χ4n) is 5.62. The number of benzene rings is 2. The third kappa shape index (κ3) is 7.74. The van der Waals surface area contributed by atoms with E-state index in [1.54, 1.807) is 30.7 Å². The first-order valence-corrected chi connectivity index (χ1v) is 15.0. The molecule has 0 bridgehead atoms. The van der Waals surface area contributed by atoms with Gasteiger partial charge in [-0.25, -0.2) is 14.8 Å². The van der Waals surface area contributed by atoms with Crippen LogP contribution in [0.4, 0.5) is 25.1 Å². The third-order valence-electron chi connectivity index (χ3n) is 8.13. The maximum Gasteiger partial charge on any atom is 0.387 e. The summed E-state index contributed by atoms with van der Waals surface area (Å²) < 4.78 is 31.3. The van der Waals surface area contributed by atoms with Crippen LogP contribution in [0.3, 0.4) is 0 Å². The van der Waals surface area contributed by atoms with Crippen LogP contribution in [0, 0.1) is 6.92 Å². The molecule has 6 rings (SSSR count). The van der Waals surface area contributed by atoms with Crippen LogP contribution in [0.15, 0.2) is 61.1 Å². The zero-order valence-electron chi connectivity index (χ0n) is 26.1. The van der Waals surface area contributed by atoms with Crippen LogP contribution in [0.25, 0.3) is 16.9 Å². The maximum absolute atomic E-state index is 13.4. The number of aryl methyl sites for hydroxylation is 1. The first kappa shape index (κ1) is 33.1. The highest BCUT2D eigenvalue weighted by Gasteiger charge is 2.29. The minimum absolute atomic E-state index is 0.0520. The minimum Gasteiger partial charge on any atom is -0.483 e. The number of carbonyl (C=O) groups excluding carboxylic acids is 2. The van der Waals surface area contributed by atoms with Crippen molar-refractivity contribution >= 4 is 35.6 Å². The van der Waals surface area contributed by atoms with Gasteiger partial charge in [0.1, 0.15) is 5.75 Å². The molecule has 0 unspecified atom stereocenters. The molecule has 13 nitrogen and oxygen atoms in total. The average molecular weight is 651 g/mol. The van der Waals surface area contributed by atoms with E-state index in [0.29, 0.717) is 43.2 Å². The Kier molecular flexibility index (Phi) is 10.5. The van der Waals surface area contributed by atoms with Crippen LogP contribution in [-0.2, 0) is 4.79 Å². The summed E-state index contributed by atoms with van der Waals surface area (Å²) in [6.45, 7) is 4.00. The van der Waals surface area contributed by atoms with Gasteiger partial charge in [0.15, 0.2) is 11.5 Å². The summed E-state index contributed by atoms with van der Waals surface area (Å²) in [7, 11) is 2.06. The second-order valence-corrected chi connectivity index (χ2v) is 11.1. The molecule has 2 saturated heterocycles. The van der Waals surface area contributed by atoms with E-state index < -0.39 is 6.61 Å². The molecule has 0 spiro atoms. The maximum atomic E-state index is 13.4. The Bertz CT molecular complexity index is 1700. The Morgan fingerprint density at radius 1 is 0.936 bits per heavy atom. The molecule has 47 heavy (non-hydrogen) atoms. The smallest absolute Gasteiger partial charge is 0.387 e. The number of fused-ring (bicyclic) bond motifs is 1. The lowest BCUT2D eigenvalue weighted by Crippen LogP contribution is -2.57. The normalized spacial score (nSPS) is 15.3. The summed E-state index contributed by atoms with van der Waals surface area (Å²) in [5, 5.41) is 10.2. The molecule has 2 aliphatic rings. The number of piperazine rings is 2. The highest BCUT2D eigenvalue weighted by Crippen LogP contribution is 2.28. The Hall–Kier alpha value is -5.31. The quantitative estimate of drug-likeness (QED) is 0.298. The number of nitrogens with zero attached hydrogens (tertiary/aromatic N) is 7. The van der Waals surface area contributed by atoms with E-state index in [9.17, 15) is 18.4 Å². The van der Waals surface area contributed by atoms with Crippen molar-refractivity contribution in [2.45, 2.75) is 13.5 Å². The predicted molar refractivity (Wildman–Crippen MR) is 170 cm³/mol. The number of ether oxygens (including phenoxy) is 1. The summed E-state index contributed by atoms with van der Waals surface area (Å²) in [5.74, 6) is 0.553. The number of rotatable bonds is 6. The SMILES string of the molecule is Cc1cc(Nc2nccn3c(-c4ccc(OC(F)F)cc4)cnc23)ccc1C(=O)N1CCN(C(=O)N2CCN(C)CC2)CC1.O=CO. The number of alkyl halides is 2. The second-order valence-electron chi connectivity index (χ2n) is 11.1. The number of hydrogen-bond acceptors (Lipinski definition) is 8. The number of urea groups is 1. The molecule has 4 aromatic rings. The monoisotopic (exact) mass is 650 g/mol. The van der Waals surface area contributed by atoms with Crippen LogP contribution in [0.1, 0.15) is 15.9 Å². The van der Waals surface area contributed by atoms with Crippen molar-refractivity contribution in [3.8, 4) is 17.0 Å². The first-order chi connectivity index (χ1) is 22.7. The van der Waals surface area contributed by atoms with Crippen molar-refractivity contribution < 1.29 is 33.0 Å². The highest BCUT2D eigenvalue weighted by atomic mass is 19.3. The van der Waals surface area contributed by atoms with Crippen LogP contribution >= 0.6 is 0 Å². The molecule has 2 fully saturated rings. The molecule has 2 aliphatic heterocycles. The topological polar surface area (TPSA) is 136 Å². The summed E-state index contributed by atoms with van der Waals surface area (Å²) in [6, 6.07) is 12.0. The summed E-state index contributed by atoms with van der Waals surface area (Å²) in [4.78, 5) is 51.5. The second kappa shape index (κ2) is 14.9. The van der Waals surface area contributed by atoms with E-state index in [4.69, 9.17) is 9.90 Å². The molecular weight excluding hydrogens is 614 g/mol. The highest BCUT2D eigenvalue weighted by molar-refractivity contribution is 5.96. The summed E-state index contributed by atoms with van der Waals surface area (Å²) in [6.07, 6.45) is 5.11. The number of carboxylic acid groups (broad SMARTS) is 1. The summed E-state index contributed by atoms with van der Waals surface area (Å²) >= 11 is 0. The van der Waals surface area contributed by atoms with Gasteiger partial charge in [-0.2, -0.15) is 8.78 Å². The van der Waals surface area contributed by atoms with Gasteiger partial charge in [-0.05, 0) is 62.0 Å². The number of likely N-dealkylation sites (N-methyl/N-ethyl adjacent to an activating group) is 1. The van der Waals surface area contributed by atoms with Crippen LogP contribution < -0.4 is 10.1 Å². The number of aromatic nitrogens is 3. The van der Waals surface area contributed by atoms with Crippen molar-refractivity contribution in [3.63, 3.8) is 0 Å². The molecule has 248 valence electrons. The molecule has 0 radical (unpaired) electrons. The number of hydrogen-bond donors (Lipinski definition) is 2. The zero-order valence-corrected chi connectivity index (χ0v) is 26.1. The zero-order chi connectivity index (χ0) is 33.5. The molecule has 2 N–H and O–H groups in total. The van der Waals surface area contributed by atoms with E-state index in [1.807, 2.05) is 44.2 Å². The lowest BCUT2D eigenvalue weighted by Gasteiger charge is -2.40. The van der Waals surface area contributed by atoms with Crippen LogP contribution in [0.5, 0.6) is 5.75 Å². The third-order valence-corrected chi connectivity index (χ3v) is 8.13. The molecule has 0 saturated carbocycles. The van der Waals surface area contributed by atoms with E-state index in [-0.39, 0.29) is 24.2 Å². The van der Waals surface area contributed by atoms with E-state index in [1.165, 1.54) is 12.1 Å². The van der Waals surface area contributed by atoms with E-state index in [0.717, 1.165) is 48.7 Å². The largest absolute Gasteiger partial charge is 0.483 e. The van der Waals surface area contributed by atoms with Crippen molar-refractivity contribution in [1.29, 1.82) is 0 Å². The number of halogens is 2. The molecule has 4 heterocycles. The number of nitrogens with one attached hydrogen (secondary N) is 1. The van der Waals surface area contributed by atoms with Gasteiger partial charge in [0.2, 0.25) is 0 Å². The molecule has 15 heteroatoms. The van der Waals surface area contributed by atoms with Crippen molar-refractivity contribution in [2.24, 2.45) is 0 Å². The van der Waals surface area contributed by atoms with Gasteiger partial charge in [-0.15, -0.1) is 0 Å².